The maximum Gasteiger partial charge on any atom is 0.337 e. The van der Waals surface area contributed by atoms with E-state index >= 15 is 0 Å². The van der Waals surface area contributed by atoms with E-state index in [9.17, 15) is 9.59 Å². The van der Waals surface area contributed by atoms with Gasteiger partial charge in [-0.25, -0.2) is 4.79 Å². The van der Waals surface area contributed by atoms with E-state index < -0.39 is 12.1 Å². The fraction of sp³-hybridized carbons (Fsp3) is 0.231. The van der Waals surface area contributed by atoms with E-state index in [1.165, 1.54) is 7.11 Å². The second-order valence-corrected chi connectivity index (χ2v) is 7.73. The number of ether oxygens (including phenoxy) is 3. The summed E-state index contributed by atoms with van der Waals surface area (Å²) >= 11 is 0. The summed E-state index contributed by atoms with van der Waals surface area (Å²) in [6.07, 6.45) is -0.715. The lowest BCUT2D eigenvalue weighted by Crippen LogP contribution is -2.48. The summed E-state index contributed by atoms with van der Waals surface area (Å²) in [4.78, 5) is 26.9. The van der Waals surface area contributed by atoms with Crippen LogP contribution in [0.4, 0.5) is 11.4 Å². The minimum absolute atomic E-state index is 0.212. The second-order valence-electron chi connectivity index (χ2n) is 7.73. The predicted octanol–water partition coefficient (Wildman–Crippen LogP) is 4.26. The Kier molecular flexibility index (Phi) is 6.49. The van der Waals surface area contributed by atoms with Crippen LogP contribution >= 0.6 is 0 Å². The number of carbonyl (C=O) groups is 2. The highest BCUT2D eigenvalue weighted by atomic mass is 16.5. The Bertz CT molecular complexity index is 1150. The topological polar surface area (TPSA) is 77.1 Å². The zero-order valence-electron chi connectivity index (χ0n) is 18.8. The van der Waals surface area contributed by atoms with Gasteiger partial charge in [-0.1, -0.05) is 24.3 Å². The molecule has 3 aromatic rings. The first kappa shape index (κ1) is 22.2. The summed E-state index contributed by atoms with van der Waals surface area (Å²) in [6.45, 7) is 2.25. The summed E-state index contributed by atoms with van der Waals surface area (Å²) in [6, 6.07) is 22.0. The summed E-state index contributed by atoms with van der Waals surface area (Å²) in [5.74, 6) is 0.747. The van der Waals surface area contributed by atoms with Crippen molar-refractivity contribution in [2.45, 2.75) is 19.1 Å². The molecule has 4 rings (SSSR count). The Labute approximate surface area is 192 Å². The molecule has 1 N–H and O–H groups in total. The van der Waals surface area contributed by atoms with Crippen LogP contribution in [0.5, 0.6) is 11.5 Å². The molecule has 1 amide bonds. The van der Waals surface area contributed by atoms with Crippen LogP contribution < -0.4 is 19.7 Å². The van der Waals surface area contributed by atoms with E-state index in [1.807, 2.05) is 72.5 Å². The highest BCUT2D eigenvalue weighted by Crippen LogP contribution is 2.38. The molecule has 0 spiro atoms. The molecular weight excluding hydrogens is 420 g/mol. The van der Waals surface area contributed by atoms with Crippen LogP contribution in [0.25, 0.3) is 0 Å². The zero-order valence-corrected chi connectivity index (χ0v) is 18.8. The largest absolute Gasteiger partial charge is 0.497 e. The fourth-order valence-electron chi connectivity index (χ4n) is 3.81. The van der Waals surface area contributed by atoms with Gasteiger partial charge in [-0.2, -0.15) is 0 Å². The molecule has 2 atom stereocenters. The Hall–Kier alpha value is -4.00. The third kappa shape index (κ3) is 4.77. The number of nitrogens with one attached hydrogen (secondary N) is 1. The normalized spacial score (nSPS) is 15.6. The van der Waals surface area contributed by atoms with Gasteiger partial charge in [0, 0.05) is 5.69 Å². The maximum absolute atomic E-state index is 13.2. The molecule has 0 bridgehead atoms. The molecule has 1 aliphatic rings. The summed E-state index contributed by atoms with van der Waals surface area (Å²) in [5, 5.41) is 3.04. The van der Waals surface area contributed by atoms with Crippen LogP contribution in [0.15, 0.2) is 72.8 Å². The Morgan fingerprint density at radius 3 is 2.52 bits per heavy atom. The van der Waals surface area contributed by atoms with E-state index in [0.29, 0.717) is 17.9 Å². The molecule has 170 valence electrons. The summed E-state index contributed by atoms with van der Waals surface area (Å²) in [7, 11) is 2.96. The van der Waals surface area contributed by atoms with Crippen LogP contribution in [-0.4, -0.2) is 38.7 Å². The summed E-state index contributed by atoms with van der Waals surface area (Å²) < 4.78 is 16.1. The quantitative estimate of drug-likeness (QED) is 0.570. The fourth-order valence-corrected chi connectivity index (χ4v) is 3.81. The number of benzene rings is 3. The molecule has 0 radical (unpaired) electrons. The minimum Gasteiger partial charge on any atom is -0.497 e. The SMILES string of the molecule is COC(=O)c1ccc(N2CC(C(=O)NC(C)c3cccc(OC)c3)Oc3ccccc32)cc1. The summed E-state index contributed by atoms with van der Waals surface area (Å²) in [5.41, 5.74) is 3.10. The van der Waals surface area contributed by atoms with E-state index in [4.69, 9.17) is 14.2 Å². The molecule has 7 heteroatoms. The van der Waals surface area contributed by atoms with Gasteiger partial charge in [-0.3, -0.25) is 4.79 Å². The number of hydrogen-bond acceptors (Lipinski definition) is 6. The number of carbonyl (C=O) groups excluding carboxylic acids is 2. The second kappa shape index (κ2) is 9.65. The maximum atomic E-state index is 13.2. The Morgan fingerprint density at radius 2 is 1.79 bits per heavy atom. The van der Waals surface area contributed by atoms with Crippen molar-refractivity contribution in [2.24, 2.45) is 0 Å². The standard InChI is InChI=1S/C26H26N2O5/c1-17(19-7-6-8-21(15-19)31-2)27-25(29)24-16-28(22-9-4-5-10-23(22)33-24)20-13-11-18(12-14-20)26(30)32-3/h4-15,17,24H,16H2,1-3H3,(H,27,29). The third-order valence-corrected chi connectivity index (χ3v) is 5.62. The van der Waals surface area contributed by atoms with Gasteiger partial charge in [0.15, 0.2) is 6.10 Å². The molecule has 0 saturated carbocycles. The molecule has 2 unspecified atom stereocenters. The number of esters is 1. The number of hydrogen-bond donors (Lipinski definition) is 1. The van der Waals surface area contributed by atoms with Gasteiger partial charge in [-0.05, 0) is 61.0 Å². The Balaban J connectivity index is 1.55. The molecule has 1 heterocycles. The van der Waals surface area contributed by atoms with Gasteiger partial charge >= 0.3 is 5.97 Å². The van der Waals surface area contributed by atoms with Crippen LogP contribution in [0, 0.1) is 0 Å². The lowest BCUT2D eigenvalue weighted by atomic mass is 10.1. The smallest absolute Gasteiger partial charge is 0.337 e. The molecular formula is C26H26N2O5. The highest BCUT2D eigenvalue weighted by molar-refractivity contribution is 5.90. The zero-order chi connectivity index (χ0) is 23.4. The number of anilines is 2. The lowest BCUT2D eigenvalue weighted by molar-refractivity contribution is -0.128. The van der Waals surface area contributed by atoms with Gasteiger partial charge in [0.25, 0.3) is 5.91 Å². The number of amides is 1. The minimum atomic E-state index is -0.715. The number of para-hydroxylation sites is 2. The van der Waals surface area contributed by atoms with Crippen LogP contribution in [0.2, 0.25) is 0 Å². The molecule has 33 heavy (non-hydrogen) atoms. The van der Waals surface area contributed by atoms with Gasteiger partial charge in [0.1, 0.15) is 11.5 Å². The van der Waals surface area contributed by atoms with Crippen molar-refractivity contribution in [3.05, 3.63) is 83.9 Å². The number of nitrogens with zero attached hydrogens (tertiary/aromatic N) is 1. The number of methoxy groups -OCH3 is 2. The van der Waals surface area contributed by atoms with Crippen molar-refractivity contribution < 1.29 is 23.8 Å². The van der Waals surface area contributed by atoms with Crippen LogP contribution in [0.3, 0.4) is 0 Å². The molecule has 7 nitrogen and oxygen atoms in total. The average Bonchev–Trinajstić information content (AvgIpc) is 2.87. The Morgan fingerprint density at radius 1 is 1.03 bits per heavy atom. The molecule has 0 saturated heterocycles. The van der Waals surface area contributed by atoms with Crippen LogP contribution in [0.1, 0.15) is 28.9 Å². The molecule has 1 aliphatic heterocycles. The van der Waals surface area contributed by atoms with Crippen LogP contribution in [-0.2, 0) is 9.53 Å². The van der Waals surface area contributed by atoms with Gasteiger partial charge in [0.05, 0.1) is 38.1 Å². The highest BCUT2D eigenvalue weighted by Gasteiger charge is 2.32. The number of fused-ring (bicyclic) bond motifs is 1. The molecule has 0 aliphatic carbocycles. The van der Waals surface area contributed by atoms with E-state index in [1.54, 1.807) is 19.2 Å². The van der Waals surface area contributed by atoms with Crippen molar-refractivity contribution in [3.63, 3.8) is 0 Å². The molecule has 0 fully saturated rings. The van der Waals surface area contributed by atoms with Crippen molar-refractivity contribution in [2.75, 3.05) is 25.7 Å². The molecule has 3 aromatic carbocycles. The monoisotopic (exact) mass is 446 g/mol. The lowest BCUT2D eigenvalue weighted by Gasteiger charge is -2.36. The van der Waals surface area contributed by atoms with E-state index in [0.717, 1.165) is 22.7 Å². The first-order valence-corrected chi connectivity index (χ1v) is 10.7. The van der Waals surface area contributed by atoms with Crippen molar-refractivity contribution in [1.82, 2.24) is 5.32 Å². The van der Waals surface area contributed by atoms with E-state index in [-0.39, 0.29) is 11.9 Å². The van der Waals surface area contributed by atoms with Gasteiger partial charge in [-0.15, -0.1) is 0 Å². The first-order valence-electron chi connectivity index (χ1n) is 10.7. The van der Waals surface area contributed by atoms with Crippen molar-refractivity contribution >= 4 is 23.3 Å². The van der Waals surface area contributed by atoms with Crippen molar-refractivity contribution in [1.29, 1.82) is 0 Å². The first-order chi connectivity index (χ1) is 16.0. The van der Waals surface area contributed by atoms with E-state index in [2.05, 4.69) is 5.32 Å². The molecule has 0 aromatic heterocycles. The van der Waals surface area contributed by atoms with Gasteiger partial charge in [0.2, 0.25) is 0 Å². The van der Waals surface area contributed by atoms with Gasteiger partial charge < -0.3 is 24.4 Å². The average molecular weight is 447 g/mol. The third-order valence-electron chi connectivity index (χ3n) is 5.62. The predicted molar refractivity (Wildman–Crippen MR) is 125 cm³/mol. The van der Waals surface area contributed by atoms with Crippen molar-refractivity contribution in [3.8, 4) is 11.5 Å². The number of rotatable bonds is 6.